The summed E-state index contributed by atoms with van der Waals surface area (Å²) in [7, 11) is -2.07. The third-order valence-corrected chi connectivity index (χ3v) is 7.43. The second kappa shape index (κ2) is 9.44. The van der Waals surface area contributed by atoms with Crippen LogP contribution in [0.4, 0.5) is 11.4 Å². The highest BCUT2D eigenvalue weighted by Gasteiger charge is 2.28. The molecular weight excluding hydrogens is 424 g/mol. The minimum absolute atomic E-state index is 0.129. The first kappa shape index (κ1) is 21.9. The number of carbonyl (C=O) groups excluding carboxylic acids is 1. The van der Waals surface area contributed by atoms with Crippen molar-refractivity contribution in [2.45, 2.75) is 30.6 Å². The molecule has 3 aromatic rings. The molecule has 0 aliphatic carbocycles. The Morgan fingerprint density at radius 3 is 2.50 bits per heavy atom. The molecule has 0 unspecified atom stereocenters. The SMILES string of the molecule is COc1ccccc1NC(=O)CCc1ccc(S(=O)(=O)N2CCCc3ccccc32)cc1. The van der Waals surface area contributed by atoms with Gasteiger partial charge in [-0.15, -0.1) is 0 Å². The lowest BCUT2D eigenvalue weighted by molar-refractivity contribution is -0.116. The number of fused-ring (bicyclic) bond motifs is 1. The normalized spacial score (nSPS) is 13.3. The maximum atomic E-state index is 13.2. The second-order valence-corrected chi connectivity index (χ2v) is 9.56. The fourth-order valence-electron chi connectivity index (χ4n) is 3.92. The summed E-state index contributed by atoms with van der Waals surface area (Å²) in [4.78, 5) is 12.6. The van der Waals surface area contributed by atoms with Gasteiger partial charge in [-0.2, -0.15) is 0 Å². The van der Waals surface area contributed by atoms with Gasteiger partial charge in [0.15, 0.2) is 0 Å². The second-order valence-electron chi connectivity index (χ2n) is 7.70. The van der Waals surface area contributed by atoms with Crippen LogP contribution in [-0.2, 0) is 27.7 Å². The van der Waals surface area contributed by atoms with Crippen molar-refractivity contribution in [3.8, 4) is 5.75 Å². The summed E-state index contributed by atoms with van der Waals surface area (Å²) >= 11 is 0. The highest BCUT2D eigenvalue weighted by molar-refractivity contribution is 7.92. The van der Waals surface area contributed by atoms with Crippen LogP contribution < -0.4 is 14.4 Å². The molecule has 0 atom stereocenters. The summed E-state index contributed by atoms with van der Waals surface area (Å²) in [5.74, 6) is 0.478. The van der Waals surface area contributed by atoms with Crippen molar-refractivity contribution in [2.24, 2.45) is 0 Å². The minimum atomic E-state index is -3.63. The Labute approximate surface area is 188 Å². The molecule has 1 heterocycles. The molecular formula is C25H26N2O4S. The largest absolute Gasteiger partial charge is 0.495 e. The quantitative estimate of drug-likeness (QED) is 0.579. The first-order valence-corrected chi connectivity index (χ1v) is 12.1. The van der Waals surface area contributed by atoms with E-state index in [0.29, 0.717) is 24.4 Å². The number of ether oxygens (including phenoxy) is 1. The number of anilines is 2. The molecule has 0 aromatic heterocycles. The zero-order valence-corrected chi connectivity index (χ0v) is 18.8. The fraction of sp³-hybridized carbons (Fsp3) is 0.240. The smallest absolute Gasteiger partial charge is 0.264 e. The lowest BCUT2D eigenvalue weighted by atomic mass is 10.0. The monoisotopic (exact) mass is 450 g/mol. The highest BCUT2D eigenvalue weighted by atomic mass is 32.2. The number of para-hydroxylation sites is 3. The lowest BCUT2D eigenvalue weighted by Gasteiger charge is -2.30. The maximum Gasteiger partial charge on any atom is 0.264 e. The molecule has 7 heteroatoms. The molecule has 1 N–H and O–H groups in total. The van der Waals surface area contributed by atoms with E-state index in [2.05, 4.69) is 5.32 Å². The number of hydrogen-bond acceptors (Lipinski definition) is 4. The van der Waals surface area contributed by atoms with Crippen molar-refractivity contribution in [3.05, 3.63) is 83.9 Å². The fourth-order valence-corrected chi connectivity index (χ4v) is 5.46. The Kier molecular flexibility index (Phi) is 6.46. The molecule has 0 saturated carbocycles. The standard InChI is InChI=1S/C25H26N2O4S/c1-31-24-11-5-3-9-22(24)26-25(28)17-14-19-12-15-21(16-13-19)32(29,30)27-18-6-8-20-7-2-4-10-23(20)27/h2-5,7,9-13,15-16H,6,8,14,17-18H2,1H3,(H,26,28). The zero-order valence-electron chi connectivity index (χ0n) is 18.0. The van der Waals surface area contributed by atoms with E-state index in [-0.39, 0.29) is 17.2 Å². The van der Waals surface area contributed by atoms with Gasteiger partial charge in [0.05, 0.1) is 23.4 Å². The average molecular weight is 451 g/mol. The zero-order chi connectivity index (χ0) is 22.6. The summed E-state index contributed by atoms with van der Waals surface area (Å²) < 4.78 is 33.2. The molecule has 1 aliphatic rings. The van der Waals surface area contributed by atoms with Gasteiger partial charge in [0.25, 0.3) is 10.0 Å². The highest BCUT2D eigenvalue weighted by Crippen LogP contribution is 2.32. The number of nitrogens with one attached hydrogen (secondary N) is 1. The summed E-state index contributed by atoms with van der Waals surface area (Å²) in [5.41, 5.74) is 3.34. The van der Waals surface area contributed by atoms with Gasteiger partial charge in [0.1, 0.15) is 5.75 Å². The van der Waals surface area contributed by atoms with Crippen molar-refractivity contribution >= 4 is 27.3 Å². The third kappa shape index (κ3) is 4.62. The molecule has 4 rings (SSSR count). The molecule has 0 fully saturated rings. The number of aryl methyl sites for hydroxylation is 2. The molecule has 1 amide bonds. The van der Waals surface area contributed by atoms with Crippen molar-refractivity contribution in [1.29, 1.82) is 0 Å². The summed E-state index contributed by atoms with van der Waals surface area (Å²) in [6.45, 7) is 0.476. The Hall–Kier alpha value is -3.32. The number of carbonyl (C=O) groups is 1. The topological polar surface area (TPSA) is 75.7 Å². The minimum Gasteiger partial charge on any atom is -0.495 e. The van der Waals surface area contributed by atoms with Crippen LogP contribution in [0.3, 0.4) is 0 Å². The maximum absolute atomic E-state index is 13.2. The van der Waals surface area contributed by atoms with E-state index in [1.807, 2.05) is 36.4 Å². The van der Waals surface area contributed by atoms with E-state index in [9.17, 15) is 13.2 Å². The Balaban J connectivity index is 1.42. The Bertz CT molecular complexity index is 1210. The number of sulfonamides is 1. The van der Waals surface area contributed by atoms with Crippen LogP contribution in [-0.4, -0.2) is 28.0 Å². The molecule has 0 radical (unpaired) electrons. The van der Waals surface area contributed by atoms with E-state index in [1.165, 1.54) is 4.31 Å². The first-order valence-electron chi connectivity index (χ1n) is 10.6. The van der Waals surface area contributed by atoms with Crippen LogP contribution in [0.15, 0.2) is 77.7 Å². The van der Waals surface area contributed by atoms with Gasteiger partial charge in [-0.1, -0.05) is 42.5 Å². The van der Waals surface area contributed by atoms with Crippen LogP contribution in [0, 0.1) is 0 Å². The first-order chi connectivity index (χ1) is 15.5. The molecule has 166 valence electrons. The van der Waals surface area contributed by atoms with Crippen LogP contribution in [0.25, 0.3) is 0 Å². The molecule has 1 aliphatic heterocycles. The predicted molar refractivity (Wildman–Crippen MR) is 126 cm³/mol. The number of benzene rings is 3. The van der Waals surface area contributed by atoms with Crippen LogP contribution in [0.2, 0.25) is 0 Å². The molecule has 0 bridgehead atoms. The van der Waals surface area contributed by atoms with Crippen molar-refractivity contribution in [2.75, 3.05) is 23.3 Å². The number of amides is 1. The molecule has 32 heavy (non-hydrogen) atoms. The average Bonchev–Trinajstić information content (AvgIpc) is 2.83. The Morgan fingerprint density at radius 2 is 1.72 bits per heavy atom. The Morgan fingerprint density at radius 1 is 1.00 bits per heavy atom. The van der Waals surface area contributed by atoms with E-state index in [4.69, 9.17) is 4.74 Å². The summed E-state index contributed by atoms with van der Waals surface area (Å²) in [6, 6.07) is 21.7. The lowest BCUT2D eigenvalue weighted by Crippen LogP contribution is -2.35. The molecule has 0 spiro atoms. The summed E-state index contributed by atoms with van der Waals surface area (Å²) in [5, 5.41) is 2.85. The van der Waals surface area contributed by atoms with Crippen molar-refractivity contribution < 1.29 is 17.9 Å². The predicted octanol–water partition coefficient (Wildman–Crippen LogP) is 4.41. The number of methoxy groups -OCH3 is 1. The molecule has 3 aromatic carbocycles. The van der Waals surface area contributed by atoms with Crippen molar-refractivity contribution in [1.82, 2.24) is 0 Å². The van der Waals surface area contributed by atoms with Gasteiger partial charge in [0, 0.05) is 13.0 Å². The van der Waals surface area contributed by atoms with Crippen LogP contribution in [0.5, 0.6) is 5.75 Å². The van der Waals surface area contributed by atoms with E-state index < -0.39 is 10.0 Å². The van der Waals surface area contributed by atoms with Gasteiger partial charge in [-0.05, 0) is 60.7 Å². The van der Waals surface area contributed by atoms with Gasteiger partial charge in [-0.3, -0.25) is 9.10 Å². The number of nitrogens with zero attached hydrogens (tertiary/aromatic N) is 1. The van der Waals surface area contributed by atoms with E-state index in [1.54, 1.807) is 43.5 Å². The van der Waals surface area contributed by atoms with E-state index in [0.717, 1.165) is 29.7 Å². The molecule has 0 saturated heterocycles. The van der Waals surface area contributed by atoms with Gasteiger partial charge in [-0.25, -0.2) is 8.42 Å². The summed E-state index contributed by atoms with van der Waals surface area (Å²) in [6.07, 6.45) is 2.48. The van der Waals surface area contributed by atoms with Crippen LogP contribution in [0.1, 0.15) is 24.0 Å². The number of hydrogen-bond donors (Lipinski definition) is 1. The van der Waals surface area contributed by atoms with Crippen LogP contribution >= 0.6 is 0 Å². The van der Waals surface area contributed by atoms with Gasteiger partial charge < -0.3 is 10.1 Å². The number of rotatable bonds is 7. The van der Waals surface area contributed by atoms with E-state index >= 15 is 0 Å². The van der Waals surface area contributed by atoms with Gasteiger partial charge >= 0.3 is 0 Å². The van der Waals surface area contributed by atoms with Gasteiger partial charge in [0.2, 0.25) is 5.91 Å². The van der Waals surface area contributed by atoms with Crippen molar-refractivity contribution in [3.63, 3.8) is 0 Å². The third-order valence-electron chi connectivity index (χ3n) is 5.60. The molecule has 6 nitrogen and oxygen atoms in total.